The van der Waals surface area contributed by atoms with Crippen molar-refractivity contribution in [1.29, 1.82) is 0 Å². The molecule has 1 saturated carbocycles. The van der Waals surface area contributed by atoms with Crippen LogP contribution in [0.15, 0.2) is 48.7 Å². The summed E-state index contributed by atoms with van der Waals surface area (Å²) in [6, 6.07) is 6.27. The van der Waals surface area contributed by atoms with Crippen LogP contribution in [0.4, 0.5) is 15.8 Å². The van der Waals surface area contributed by atoms with E-state index in [2.05, 4.69) is 15.0 Å². The fourth-order valence-corrected chi connectivity index (χ4v) is 7.37. The average molecular weight is 674 g/mol. The Morgan fingerprint density at radius 3 is 2.61 bits per heavy atom. The molecule has 2 aromatic carbocycles. The molecule has 1 aromatic heterocycles. The smallest absolute Gasteiger partial charge is 0.338 e. The normalized spacial score (nSPS) is 24.5. The molecule has 46 heavy (non-hydrogen) atoms. The van der Waals surface area contributed by atoms with E-state index >= 15 is 4.39 Å². The van der Waals surface area contributed by atoms with Crippen LogP contribution < -0.4 is 5.32 Å². The van der Waals surface area contributed by atoms with Crippen LogP contribution >= 0.6 is 23.2 Å². The number of carbonyl (C=O) groups excluding carboxylic acids is 2. The van der Waals surface area contributed by atoms with Crippen molar-refractivity contribution in [3.63, 3.8) is 0 Å². The highest BCUT2D eigenvalue weighted by Crippen LogP contribution is 2.60. The van der Waals surface area contributed by atoms with E-state index in [1.165, 1.54) is 36.5 Å². The average Bonchev–Trinajstić information content (AvgIpc) is 3.74. The summed E-state index contributed by atoms with van der Waals surface area (Å²) in [6.07, 6.45) is 0.630. The first-order valence-electron chi connectivity index (χ1n) is 14.3. The zero-order valence-corrected chi connectivity index (χ0v) is 25.6. The van der Waals surface area contributed by atoms with Crippen molar-refractivity contribution >= 4 is 46.5 Å². The number of ether oxygens (including phenoxy) is 1. The van der Waals surface area contributed by atoms with Gasteiger partial charge in [-0.1, -0.05) is 29.3 Å². The molecule has 2 aliphatic heterocycles. The third kappa shape index (κ3) is 5.05. The van der Waals surface area contributed by atoms with Gasteiger partial charge in [-0.15, -0.1) is 0 Å². The number of nitrogens with one attached hydrogen (secondary N) is 1. The molecule has 13 nitrogen and oxygen atoms in total. The molecule has 3 aliphatic rings. The highest BCUT2D eigenvalue weighted by molar-refractivity contribution is 6.31. The van der Waals surface area contributed by atoms with Crippen molar-refractivity contribution in [2.24, 2.45) is 5.92 Å². The zero-order chi connectivity index (χ0) is 33.1. The van der Waals surface area contributed by atoms with E-state index in [1.54, 1.807) is 11.0 Å². The lowest BCUT2D eigenvalue weighted by Crippen LogP contribution is -2.53. The van der Waals surface area contributed by atoms with E-state index in [0.29, 0.717) is 11.3 Å². The molecular formula is C30H26Cl2FN5O8. The minimum absolute atomic E-state index is 0.0476. The van der Waals surface area contributed by atoms with Crippen molar-refractivity contribution in [3.8, 4) is 0 Å². The predicted molar refractivity (Wildman–Crippen MR) is 162 cm³/mol. The van der Waals surface area contributed by atoms with Gasteiger partial charge in [-0.05, 0) is 55.5 Å². The number of aliphatic hydroxyl groups excluding tert-OH is 1. The molecule has 1 aliphatic carbocycles. The first kappa shape index (κ1) is 31.7. The van der Waals surface area contributed by atoms with E-state index in [9.17, 15) is 34.9 Å². The summed E-state index contributed by atoms with van der Waals surface area (Å²) in [5.41, 5.74) is -2.38. The predicted octanol–water partition coefficient (Wildman–Crippen LogP) is 5.02. The third-order valence-corrected chi connectivity index (χ3v) is 9.60. The van der Waals surface area contributed by atoms with E-state index < -0.39 is 74.4 Å². The van der Waals surface area contributed by atoms with Crippen LogP contribution in [0.3, 0.4) is 0 Å². The van der Waals surface area contributed by atoms with Gasteiger partial charge in [0.1, 0.15) is 5.54 Å². The van der Waals surface area contributed by atoms with E-state index in [0.717, 1.165) is 26.0 Å². The van der Waals surface area contributed by atoms with Crippen molar-refractivity contribution in [3.05, 3.63) is 107 Å². The molecule has 1 amide bonds. The molecular weight excluding hydrogens is 648 g/mol. The lowest BCUT2D eigenvalue weighted by molar-refractivity contribution is -0.528. The number of fused-ring (bicyclic) bond motifs is 2. The highest BCUT2D eigenvalue weighted by atomic mass is 35.5. The number of pyridine rings is 1. The summed E-state index contributed by atoms with van der Waals surface area (Å²) >= 11 is 12.3. The Labute approximate surface area is 270 Å². The van der Waals surface area contributed by atoms with Crippen molar-refractivity contribution < 1.29 is 33.7 Å². The van der Waals surface area contributed by atoms with Crippen LogP contribution in [0.25, 0.3) is 0 Å². The monoisotopic (exact) mass is 673 g/mol. The second kappa shape index (κ2) is 11.8. The van der Waals surface area contributed by atoms with E-state index in [-0.39, 0.29) is 34.2 Å². The van der Waals surface area contributed by atoms with Crippen molar-refractivity contribution in [2.45, 2.75) is 48.9 Å². The van der Waals surface area contributed by atoms with Crippen LogP contribution in [0.5, 0.6) is 0 Å². The molecule has 5 atom stereocenters. The number of aliphatic hydroxyl groups is 1. The quantitative estimate of drug-likeness (QED) is 0.136. The van der Waals surface area contributed by atoms with Gasteiger partial charge in [0.2, 0.25) is 6.04 Å². The Morgan fingerprint density at radius 1 is 1.22 bits per heavy atom. The molecule has 0 radical (unpaired) electrons. The van der Waals surface area contributed by atoms with Gasteiger partial charge >= 0.3 is 5.97 Å². The summed E-state index contributed by atoms with van der Waals surface area (Å²) in [7, 11) is 1.11. The second-order valence-electron chi connectivity index (χ2n) is 11.6. The number of benzene rings is 2. The number of nitro groups is 2. The van der Waals surface area contributed by atoms with Crippen LogP contribution in [-0.2, 0) is 15.1 Å². The van der Waals surface area contributed by atoms with Gasteiger partial charge in [0.15, 0.2) is 11.0 Å². The SMILES string of the molecule is COC(=O)c1ccc(C(O)C[C@H]2[C@@H]([N+](=O)[O-])[C@H](c3ccnc(Cl)c3F)[C@]3(C(=O)Nc4cc(Cl)ccc43)N2CC2CC2)c([N+](=O)[O-])c1. The molecule has 16 heteroatoms. The third-order valence-electron chi connectivity index (χ3n) is 9.10. The number of esters is 1. The maximum Gasteiger partial charge on any atom is 0.338 e. The van der Waals surface area contributed by atoms with Crippen molar-refractivity contribution in [2.75, 3.05) is 19.0 Å². The Kier molecular flexibility index (Phi) is 8.17. The summed E-state index contributed by atoms with van der Waals surface area (Å²) in [6.45, 7) is 0.178. The van der Waals surface area contributed by atoms with Gasteiger partial charge in [0, 0.05) is 45.6 Å². The number of hydrogen-bond acceptors (Lipinski definition) is 10. The molecule has 1 saturated heterocycles. The number of likely N-dealkylation sites (tertiary alicyclic amines) is 1. The van der Waals surface area contributed by atoms with Crippen LogP contribution in [-0.4, -0.2) is 62.5 Å². The topological polar surface area (TPSA) is 178 Å². The summed E-state index contributed by atoms with van der Waals surface area (Å²) in [4.78, 5) is 55.5. The molecule has 1 unspecified atom stereocenters. The van der Waals surface area contributed by atoms with Gasteiger partial charge in [-0.3, -0.25) is 29.9 Å². The number of aromatic nitrogens is 1. The Morgan fingerprint density at radius 2 is 1.96 bits per heavy atom. The van der Waals surface area contributed by atoms with Gasteiger partial charge in [-0.25, -0.2) is 14.2 Å². The number of anilines is 1. The number of nitro benzene ring substituents is 1. The maximum absolute atomic E-state index is 15.9. The number of hydrogen-bond donors (Lipinski definition) is 2. The van der Waals surface area contributed by atoms with Gasteiger partial charge in [0.25, 0.3) is 11.6 Å². The summed E-state index contributed by atoms with van der Waals surface area (Å²) < 4.78 is 20.5. The Bertz CT molecular complexity index is 1790. The van der Waals surface area contributed by atoms with Gasteiger partial charge in [0.05, 0.1) is 41.2 Å². The van der Waals surface area contributed by atoms with Gasteiger partial charge in [-0.2, -0.15) is 0 Å². The minimum Gasteiger partial charge on any atom is -0.465 e. The lowest BCUT2D eigenvalue weighted by atomic mass is 9.73. The van der Waals surface area contributed by atoms with E-state index in [1.807, 2.05) is 0 Å². The number of amides is 1. The highest BCUT2D eigenvalue weighted by Gasteiger charge is 2.71. The molecule has 240 valence electrons. The Balaban J connectivity index is 1.56. The van der Waals surface area contributed by atoms with E-state index in [4.69, 9.17) is 23.2 Å². The first-order valence-corrected chi connectivity index (χ1v) is 15.0. The summed E-state index contributed by atoms with van der Waals surface area (Å²) in [5, 5.41) is 39.2. The number of carbonyl (C=O) groups is 2. The molecule has 6 rings (SSSR count). The van der Waals surface area contributed by atoms with Crippen molar-refractivity contribution in [1.82, 2.24) is 9.88 Å². The summed E-state index contributed by atoms with van der Waals surface area (Å²) in [5.74, 6) is -3.94. The number of methoxy groups -OCH3 is 1. The maximum atomic E-state index is 15.9. The first-order chi connectivity index (χ1) is 21.9. The second-order valence-corrected chi connectivity index (χ2v) is 12.4. The fourth-order valence-electron chi connectivity index (χ4n) is 7.03. The minimum atomic E-state index is -1.85. The molecule has 3 heterocycles. The lowest BCUT2D eigenvalue weighted by Gasteiger charge is -2.39. The van der Waals surface area contributed by atoms with Crippen LogP contribution in [0.2, 0.25) is 10.2 Å². The molecule has 1 spiro atoms. The fraction of sp³-hybridized carbons (Fsp3) is 0.367. The molecule has 3 aromatic rings. The number of nitrogens with zero attached hydrogens (tertiary/aromatic N) is 4. The number of halogens is 3. The van der Waals surface area contributed by atoms with Gasteiger partial charge < -0.3 is 15.2 Å². The Hall–Kier alpha value is -4.24. The molecule has 0 bridgehead atoms. The standard InChI is InChI=1S/C30H26Cl2FN5O8/c1-46-28(40)15-4-6-17(21(10-15)37(42)43)23(39)12-22-26(38(44)45)24(18-8-9-34-27(32)25(18)33)30(36(22)13-14-2-3-14)19-7-5-16(31)11-20(19)35-29(30)41/h4-11,14,22-24,26,39H,2-3,12-13H2,1H3,(H,35,41)/t22-,23?,24-,26+,30+/m0/s1. The van der Waals surface area contributed by atoms with Crippen LogP contribution in [0, 0.1) is 32.0 Å². The van der Waals surface area contributed by atoms with Crippen LogP contribution in [0.1, 0.15) is 58.3 Å². The molecule has 2 N–H and O–H groups in total. The molecule has 2 fully saturated rings. The zero-order valence-electron chi connectivity index (χ0n) is 24.1. The number of rotatable bonds is 9. The largest absolute Gasteiger partial charge is 0.465 e.